The van der Waals surface area contributed by atoms with Gasteiger partial charge < -0.3 is 23.9 Å². The van der Waals surface area contributed by atoms with Gasteiger partial charge in [0.2, 0.25) is 6.79 Å². The number of carbonyl (C=O) groups excluding carboxylic acids is 1. The molecule has 0 radical (unpaired) electrons. The minimum Gasteiger partial charge on any atom is -0.461 e. The molecule has 1 aliphatic rings. The van der Waals surface area contributed by atoms with Crippen LogP contribution >= 0.6 is 0 Å². The first-order chi connectivity index (χ1) is 10.3. The number of rotatable bonds is 5. The van der Waals surface area contributed by atoms with Crippen LogP contribution in [0.3, 0.4) is 0 Å². The van der Waals surface area contributed by atoms with Crippen molar-refractivity contribution >= 4 is 12.0 Å². The summed E-state index contributed by atoms with van der Waals surface area (Å²) in [5.74, 6) is 0.919. The average Bonchev–Trinajstić information content (AvgIpc) is 3.14. The molecule has 1 aromatic heterocycles. The number of nitrogens with zero attached hydrogens (tertiary/aromatic N) is 1. The number of aromatic nitrogens is 1. The lowest BCUT2D eigenvalue weighted by atomic mass is 10.2. The average molecular weight is 290 g/mol. The molecule has 7 nitrogen and oxygen atoms in total. The Kier molecular flexibility index (Phi) is 3.63. The maximum atomic E-state index is 11.5. The van der Waals surface area contributed by atoms with E-state index < -0.39 is 5.97 Å². The van der Waals surface area contributed by atoms with Gasteiger partial charge in [0, 0.05) is 12.1 Å². The van der Waals surface area contributed by atoms with E-state index in [1.807, 2.05) is 18.2 Å². The third kappa shape index (κ3) is 2.76. The van der Waals surface area contributed by atoms with Gasteiger partial charge in [-0.3, -0.25) is 0 Å². The number of anilines is 1. The van der Waals surface area contributed by atoms with Crippen molar-refractivity contribution in [3.05, 3.63) is 35.7 Å². The Morgan fingerprint density at radius 2 is 2.33 bits per heavy atom. The molecule has 1 N–H and O–H groups in total. The third-order valence-corrected chi connectivity index (χ3v) is 2.90. The summed E-state index contributed by atoms with van der Waals surface area (Å²) in [6.07, 6.45) is 1.26. The molecule has 21 heavy (non-hydrogen) atoms. The zero-order chi connectivity index (χ0) is 14.7. The van der Waals surface area contributed by atoms with Crippen molar-refractivity contribution in [2.75, 3.05) is 18.7 Å². The van der Waals surface area contributed by atoms with Gasteiger partial charge in [-0.1, -0.05) is 12.1 Å². The normalized spacial score (nSPS) is 12.2. The van der Waals surface area contributed by atoms with Crippen molar-refractivity contribution in [2.24, 2.45) is 0 Å². The first-order valence-electron chi connectivity index (χ1n) is 6.52. The fourth-order valence-electron chi connectivity index (χ4n) is 1.95. The van der Waals surface area contributed by atoms with Crippen LogP contribution in [0, 0.1) is 0 Å². The van der Waals surface area contributed by atoms with E-state index in [9.17, 15) is 4.79 Å². The number of carbonyl (C=O) groups is 1. The molecule has 0 spiro atoms. The molecule has 0 saturated carbocycles. The van der Waals surface area contributed by atoms with Gasteiger partial charge in [0.25, 0.3) is 6.01 Å². The number of hydrogen-bond donors (Lipinski definition) is 1. The van der Waals surface area contributed by atoms with E-state index >= 15 is 0 Å². The summed E-state index contributed by atoms with van der Waals surface area (Å²) in [5.41, 5.74) is 1.05. The maximum absolute atomic E-state index is 11.5. The number of fused-ring (bicyclic) bond motifs is 1. The number of nitrogens with one attached hydrogen (secondary N) is 1. The molecule has 2 aromatic rings. The molecule has 0 unspecified atom stereocenters. The van der Waals surface area contributed by atoms with Crippen molar-refractivity contribution < 1.29 is 23.4 Å². The highest BCUT2D eigenvalue weighted by Crippen LogP contribution is 2.35. The lowest BCUT2D eigenvalue weighted by Crippen LogP contribution is -2.06. The van der Waals surface area contributed by atoms with Gasteiger partial charge in [-0.15, -0.1) is 0 Å². The fraction of sp³-hybridized carbons (Fsp3) is 0.286. The van der Waals surface area contributed by atoms with Crippen LogP contribution < -0.4 is 14.8 Å². The number of benzene rings is 1. The highest BCUT2D eigenvalue weighted by Gasteiger charge is 2.18. The van der Waals surface area contributed by atoms with Crippen LogP contribution in [-0.2, 0) is 11.3 Å². The summed E-state index contributed by atoms with van der Waals surface area (Å²) in [6.45, 7) is 2.69. The third-order valence-electron chi connectivity index (χ3n) is 2.90. The summed E-state index contributed by atoms with van der Waals surface area (Å²) < 4.78 is 20.7. The number of oxazole rings is 1. The van der Waals surface area contributed by atoms with Crippen LogP contribution in [0.15, 0.2) is 28.9 Å². The molecule has 0 bridgehead atoms. The van der Waals surface area contributed by atoms with Crippen LogP contribution in [0.1, 0.15) is 23.0 Å². The first-order valence-corrected chi connectivity index (χ1v) is 6.52. The summed E-state index contributed by atoms with van der Waals surface area (Å²) >= 11 is 0. The van der Waals surface area contributed by atoms with Crippen molar-refractivity contribution in [1.82, 2.24) is 4.98 Å². The fourth-order valence-corrected chi connectivity index (χ4v) is 1.95. The van der Waals surface area contributed by atoms with Crippen molar-refractivity contribution in [3.63, 3.8) is 0 Å². The van der Waals surface area contributed by atoms with Gasteiger partial charge in [0.05, 0.1) is 6.61 Å². The Morgan fingerprint density at radius 1 is 1.43 bits per heavy atom. The Labute approximate surface area is 120 Å². The Bertz CT molecular complexity index is 653. The monoisotopic (exact) mass is 290 g/mol. The maximum Gasteiger partial charge on any atom is 0.360 e. The van der Waals surface area contributed by atoms with E-state index in [-0.39, 0.29) is 18.5 Å². The summed E-state index contributed by atoms with van der Waals surface area (Å²) in [7, 11) is 0. The lowest BCUT2D eigenvalue weighted by molar-refractivity contribution is 0.0519. The van der Waals surface area contributed by atoms with E-state index in [4.69, 9.17) is 18.6 Å². The summed E-state index contributed by atoms with van der Waals surface area (Å²) in [4.78, 5) is 15.5. The second kappa shape index (κ2) is 5.74. The van der Waals surface area contributed by atoms with E-state index in [1.54, 1.807) is 6.92 Å². The van der Waals surface area contributed by atoms with Gasteiger partial charge in [0.1, 0.15) is 6.26 Å². The number of esters is 1. The van der Waals surface area contributed by atoms with Crippen molar-refractivity contribution in [1.29, 1.82) is 0 Å². The molecule has 3 rings (SSSR count). The molecule has 7 heteroatoms. The Hall–Kier alpha value is -2.70. The SMILES string of the molecule is CCOC(=O)c1coc(NCc2cccc3c2OCO3)n1. The second-order valence-corrected chi connectivity index (χ2v) is 4.26. The lowest BCUT2D eigenvalue weighted by Gasteiger charge is -2.05. The minimum absolute atomic E-state index is 0.136. The molecule has 0 amide bonds. The first kappa shape index (κ1) is 13.3. The molecule has 2 heterocycles. The Morgan fingerprint density at radius 3 is 3.19 bits per heavy atom. The predicted molar refractivity (Wildman–Crippen MR) is 72.4 cm³/mol. The van der Waals surface area contributed by atoms with Crippen molar-refractivity contribution in [3.8, 4) is 11.5 Å². The smallest absolute Gasteiger partial charge is 0.360 e. The largest absolute Gasteiger partial charge is 0.461 e. The van der Waals surface area contributed by atoms with E-state index in [2.05, 4.69) is 10.3 Å². The van der Waals surface area contributed by atoms with Crippen LogP contribution in [0.25, 0.3) is 0 Å². The zero-order valence-electron chi connectivity index (χ0n) is 11.4. The molecule has 110 valence electrons. The standard InChI is InChI=1S/C14H14N2O5/c1-2-18-13(17)10-7-19-14(16-10)15-6-9-4-3-5-11-12(9)21-8-20-11/h3-5,7H,2,6,8H2,1H3,(H,15,16). The molecule has 0 saturated heterocycles. The molecule has 1 aromatic carbocycles. The Balaban J connectivity index is 1.66. The van der Waals surface area contributed by atoms with Crippen LogP contribution in [0.2, 0.25) is 0 Å². The predicted octanol–water partition coefficient (Wildman–Crippen LogP) is 2.19. The van der Waals surface area contributed by atoms with E-state index in [0.29, 0.717) is 24.7 Å². The van der Waals surface area contributed by atoms with Gasteiger partial charge in [-0.2, -0.15) is 4.98 Å². The summed E-state index contributed by atoms with van der Waals surface area (Å²) in [5, 5.41) is 2.99. The molecular weight excluding hydrogens is 276 g/mol. The van der Waals surface area contributed by atoms with Gasteiger partial charge in [0.15, 0.2) is 17.2 Å². The zero-order valence-corrected chi connectivity index (χ0v) is 11.4. The molecule has 0 aliphatic carbocycles. The number of hydrogen-bond acceptors (Lipinski definition) is 7. The highest BCUT2D eigenvalue weighted by atomic mass is 16.7. The van der Waals surface area contributed by atoms with E-state index in [1.165, 1.54) is 6.26 Å². The van der Waals surface area contributed by atoms with Crippen LogP contribution in [0.4, 0.5) is 6.01 Å². The summed E-state index contributed by atoms with van der Waals surface area (Å²) in [6, 6.07) is 5.88. The quantitative estimate of drug-likeness (QED) is 0.845. The van der Waals surface area contributed by atoms with Crippen LogP contribution in [-0.4, -0.2) is 24.4 Å². The van der Waals surface area contributed by atoms with Gasteiger partial charge >= 0.3 is 5.97 Å². The molecular formula is C14H14N2O5. The number of ether oxygens (including phenoxy) is 3. The van der Waals surface area contributed by atoms with E-state index in [0.717, 1.165) is 5.56 Å². The second-order valence-electron chi connectivity index (χ2n) is 4.26. The van der Waals surface area contributed by atoms with Gasteiger partial charge in [-0.05, 0) is 13.0 Å². The topological polar surface area (TPSA) is 82.8 Å². The van der Waals surface area contributed by atoms with Crippen molar-refractivity contribution in [2.45, 2.75) is 13.5 Å². The van der Waals surface area contributed by atoms with Crippen LogP contribution in [0.5, 0.6) is 11.5 Å². The molecule has 0 fully saturated rings. The molecule has 1 aliphatic heterocycles. The highest BCUT2D eigenvalue weighted by molar-refractivity contribution is 5.87. The number of para-hydroxylation sites is 1. The molecule has 0 atom stereocenters. The minimum atomic E-state index is -0.508. The van der Waals surface area contributed by atoms with Gasteiger partial charge in [-0.25, -0.2) is 4.79 Å².